The fraction of sp³-hybridized carbons (Fsp3) is 0.575. The van der Waals surface area contributed by atoms with E-state index in [1.807, 2.05) is 25.2 Å². The Morgan fingerprint density at radius 1 is 0.729 bits per heavy atom. The number of hydrogen-bond donors (Lipinski definition) is 1. The molecule has 0 amide bonds. The monoisotopic (exact) mass is 658 g/mol. The molecule has 2 aliphatic heterocycles. The Morgan fingerprint density at radius 2 is 1.23 bits per heavy atom. The van der Waals surface area contributed by atoms with E-state index in [4.69, 9.17) is 9.47 Å². The molecule has 0 aromatic rings. The summed E-state index contributed by atoms with van der Waals surface area (Å²) in [6, 6.07) is 0. The number of carbonyl (C=O) groups is 5. The molecule has 48 heavy (non-hydrogen) atoms. The highest BCUT2D eigenvalue weighted by Crippen LogP contribution is 2.61. The van der Waals surface area contributed by atoms with Crippen LogP contribution in [0.25, 0.3) is 0 Å². The number of cyclic esters (lactones) is 2. The maximum atomic E-state index is 12.4. The first kappa shape index (κ1) is 35.7. The lowest BCUT2D eigenvalue weighted by Gasteiger charge is -2.58. The number of ketones is 1. The highest BCUT2D eigenvalue weighted by molar-refractivity contribution is 5.99. The van der Waals surface area contributed by atoms with Crippen molar-refractivity contribution in [3.05, 3.63) is 71.9 Å². The molecule has 9 atom stereocenters. The van der Waals surface area contributed by atoms with E-state index in [9.17, 15) is 29.1 Å². The smallest absolute Gasteiger partial charge is 0.338 e. The molecule has 8 nitrogen and oxygen atoms in total. The number of allylic oxidation sites excluding steroid dienone is 4. The molecular formula is C40H50O8. The minimum Gasteiger partial charge on any atom is -0.458 e. The number of hydrogen-bond acceptors (Lipinski definition) is 8. The summed E-state index contributed by atoms with van der Waals surface area (Å²) in [5.74, 6) is -0.269. The Hall–Kier alpha value is -3.65. The summed E-state index contributed by atoms with van der Waals surface area (Å²) in [6.45, 7) is 17.2. The lowest BCUT2D eigenvalue weighted by molar-refractivity contribution is -0.150. The predicted octanol–water partition coefficient (Wildman–Crippen LogP) is 6.16. The van der Waals surface area contributed by atoms with Crippen molar-refractivity contribution in [1.82, 2.24) is 0 Å². The summed E-state index contributed by atoms with van der Waals surface area (Å²) >= 11 is 0. The van der Waals surface area contributed by atoms with Crippen LogP contribution >= 0.6 is 0 Å². The fourth-order valence-corrected chi connectivity index (χ4v) is 9.94. The van der Waals surface area contributed by atoms with Crippen LogP contribution in [0.3, 0.4) is 0 Å². The van der Waals surface area contributed by atoms with Crippen LogP contribution in [-0.4, -0.2) is 54.7 Å². The molecule has 4 fully saturated rings. The SMILES string of the molecule is C=C1CCC2[C@](C)(C=O)[C@H](O)CC[C@]2(C)[C@@H]1/C=C/C1=CCOC1=O.C=C1CCC2[C@](C)(CCC(=O)[C@@]2(C)C=O)[C@@H]1/C=C/C1=CCOC1=O. The van der Waals surface area contributed by atoms with Crippen LogP contribution in [-0.2, 0) is 33.4 Å². The maximum absolute atomic E-state index is 12.4. The molecule has 0 bridgehead atoms. The average Bonchev–Trinajstić information content (AvgIpc) is 3.67. The minimum atomic E-state index is -0.911. The van der Waals surface area contributed by atoms with Crippen LogP contribution in [0.2, 0.25) is 0 Å². The van der Waals surface area contributed by atoms with Crippen LogP contribution in [0, 0.1) is 45.3 Å². The molecular weight excluding hydrogens is 608 g/mol. The van der Waals surface area contributed by atoms with Gasteiger partial charge in [-0.1, -0.05) is 69.4 Å². The summed E-state index contributed by atoms with van der Waals surface area (Å²) < 4.78 is 9.88. The Balaban J connectivity index is 0.000000188. The lowest BCUT2D eigenvalue weighted by atomic mass is 9.46. The van der Waals surface area contributed by atoms with Crippen LogP contribution in [0.5, 0.6) is 0 Å². The zero-order chi connectivity index (χ0) is 35.1. The Morgan fingerprint density at radius 3 is 1.69 bits per heavy atom. The molecule has 4 aliphatic carbocycles. The van der Waals surface area contributed by atoms with Crippen molar-refractivity contribution in [3.63, 3.8) is 0 Å². The van der Waals surface area contributed by atoms with E-state index in [1.54, 1.807) is 19.1 Å². The first-order valence-electron chi connectivity index (χ1n) is 17.3. The molecule has 0 spiro atoms. The van der Waals surface area contributed by atoms with Gasteiger partial charge in [-0.05, 0) is 86.7 Å². The molecule has 6 aliphatic rings. The van der Waals surface area contributed by atoms with Gasteiger partial charge < -0.3 is 24.2 Å². The molecule has 0 aromatic carbocycles. The van der Waals surface area contributed by atoms with Gasteiger partial charge in [0.05, 0.1) is 28.1 Å². The van der Waals surface area contributed by atoms with E-state index < -0.39 is 16.9 Å². The van der Waals surface area contributed by atoms with Crippen LogP contribution in [0.1, 0.15) is 79.1 Å². The molecule has 1 N–H and O–H groups in total. The third kappa shape index (κ3) is 5.95. The highest BCUT2D eigenvalue weighted by atomic mass is 16.5. The van der Waals surface area contributed by atoms with Gasteiger partial charge in [-0.15, -0.1) is 0 Å². The Labute approximate surface area is 284 Å². The Bertz CT molecular complexity index is 1530. The minimum absolute atomic E-state index is 0.00779. The van der Waals surface area contributed by atoms with Crippen molar-refractivity contribution < 1.29 is 38.6 Å². The van der Waals surface area contributed by atoms with Gasteiger partial charge in [-0.25, -0.2) is 9.59 Å². The molecule has 258 valence electrons. The highest BCUT2D eigenvalue weighted by Gasteiger charge is 2.58. The summed E-state index contributed by atoms with van der Waals surface area (Å²) in [5, 5.41) is 10.4. The maximum Gasteiger partial charge on any atom is 0.338 e. The van der Waals surface area contributed by atoms with E-state index in [-0.39, 0.29) is 52.2 Å². The molecule has 4 saturated carbocycles. The molecule has 0 radical (unpaired) electrons. The van der Waals surface area contributed by atoms with Crippen molar-refractivity contribution in [2.75, 3.05) is 13.2 Å². The molecule has 2 heterocycles. The summed E-state index contributed by atoms with van der Waals surface area (Å²) in [5.41, 5.74) is 1.45. The molecule has 0 saturated heterocycles. The van der Waals surface area contributed by atoms with Gasteiger partial charge in [-0.2, -0.15) is 0 Å². The van der Waals surface area contributed by atoms with E-state index >= 15 is 0 Å². The summed E-state index contributed by atoms with van der Waals surface area (Å²) in [6.07, 6.45) is 18.4. The summed E-state index contributed by atoms with van der Waals surface area (Å²) in [4.78, 5) is 59.2. The zero-order valence-electron chi connectivity index (χ0n) is 28.8. The second-order valence-corrected chi connectivity index (χ2v) is 15.6. The largest absolute Gasteiger partial charge is 0.458 e. The van der Waals surface area contributed by atoms with Gasteiger partial charge >= 0.3 is 11.9 Å². The first-order chi connectivity index (χ1) is 22.7. The third-order valence-electron chi connectivity index (χ3n) is 13.0. The molecule has 8 heteroatoms. The van der Waals surface area contributed by atoms with Crippen molar-refractivity contribution in [3.8, 4) is 0 Å². The number of aldehydes is 2. The predicted molar refractivity (Wildman–Crippen MR) is 181 cm³/mol. The lowest BCUT2D eigenvalue weighted by Crippen LogP contribution is -2.56. The van der Waals surface area contributed by atoms with Gasteiger partial charge in [0.15, 0.2) is 0 Å². The second kappa shape index (κ2) is 13.3. The fourth-order valence-electron chi connectivity index (χ4n) is 9.94. The van der Waals surface area contributed by atoms with Gasteiger partial charge in [0.25, 0.3) is 0 Å². The van der Waals surface area contributed by atoms with Crippen molar-refractivity contribution in [1.29, 1.82) is 0 Å². The third-order valence-corrected chi connectivity index (χ3v) is 13.0. The van der Waals surface area contributed by atoms with Gasteiger partial charge in [-0.3, -0.25) is 4.79 Å². The van der Waals surface area contributed by atoms with E-state index in [1.165, 1.54) is 0 Å². The number of aliphatic hydroxyl groups is 1. The number of Topliss-reactive ketones (excluding diaryl/α,β-unsaturated/α-hetero) is 1. The number of rotatable bonds is 6. The van der Waals surface area contributed by atoms with Crippen molar-refractivity contribution >= 4 is 30.3 Å². The van der Waals surface area contributed by atoms with Crippen molar-refractivity contribution in [2.24, 2.45) is 45.3 Å². The quantitative estimate of drug-likeness (QED) is 0.156. The topological polar surface area (TPSA) is 124 Å². The number of aliphatic hydroxyl groups excluding tert-OH is 1. The first-order valence-corrected chi connectivity index (χ1v) is 17.3. The van der Waals surface area contributed by atoms with Crippen LogP contribution in [0.15, 0.2) is 71.9 Å². The van der Waals surface area contributed by atoms with Gasteiger partial charge in [0.1, 0.15) is 31.6 Å². The summed E-state index contributed by atoms with van der Waals surface area (Å²) in [7, 11) is 0. The van der Waals surface area contributed by atoms with Crippen LogP contribution in [0.4, 0.5) is 0 Å². The van der Waals surface area contributed by atoms with E-state index in [2.05, 4.69) is 33.1 Å². The van der Waals surface area contributed by atoms with Gasteiger partial charge in [0.2, 0.25) is 0 Å². The van der Waals surface area contributed by atoms with Crippen LogP contribution < -0.4 is 0 Å². The second-order valence-electron chi connectivity index (χ2n) is 15.6. The van der Waals surface area contributed by atoms with E-state index in [0.717, 1.165) is 62.2 Å². The standard InChI is InChI=1S/C20H26O4.C20H24O4/c2*1-13-4-7-16-19(2,10-8-17(22)20(16,3)12-21)15(13)6-5-14-9-11-24-18(14)23/h5-6,9,12,15-17,22H,1,4,7-8,10-11H2,2-3H3;5-6,9,12,15-16H,1,4,7-8,10-11H2,2-3H3/b2*6-5+/t15-,16?,17-,19-,20+;15-,16?,19-,20+/m11/s1. The Kier molecular flexibility index (Phi) is 9.91. The molecule has 6 rings (SSSR count). The normalized spacial score (nSPS) is 41.1. The van der Waals surface area contributed by atoms with E-state index in [0.29, 0.717) is 37.2 Å². The van der Waals surface area contributed by atoms with Crippen molar-refractivity contribution in [2.45, 2.75) is 85.2 Å². The van der Waals surface area contributed by atoms with Gasteiger partial charge in [0, 0.05) is 18.3 Å². The number of fused-ring (bicyclic) bond motifs is 2. The number of esters is 2. The number of carbonyl (C=O) groups excluding carboxylic acids is 5. The molecule has 0 aromatic heterocycles. The average molecular weight is 659 g/mol. The molecule has 2 unspecified atom stereocenters. The zero-order valence-corrected chi connectivity index (χ0v) is 28.8. The number of ether oxygens (including phenoxy) is 2.